The van der Waals surface area contributed by atoms with Gasteiger partial charge in [0.1, 0.15) is 11.8 Å². The number of halogens is 5. The van der Waals surface area contributed by atoms with E-state index in [2.05, 4.69) is 10.3 Å². The van der Waals surface area contributed by atoms with E-state index in [1.54, 1.807) is 12.0 Å². The molecule has 4 rings (SSSR count). The van der Waals surface area contributed by atoms with E-state index < -0.39 is 58.9 Å². The average molecular weight is 558 g/mol. The number of nitrogens with zero attached hydrogens (tertiary/aromatic N) is 2. The van der Waals surface area contributed by atoms with Crippen LogP contribution in [-0.4, -0.2) is 73.0 Å². The van der Waals surface area contributed by atoms with E-state index in [1.165, 1.54) is 25.3 Å². The molecule has 0 radical (unpaired) electrons. The van der Waals surface area contributed by atoms with Gasteiger partial charge < -0.3 is 24.4 Å². The fourth-order valence-corrected chi connectivity index (χ4v) is 5.15. The highest BCUT2D eigenvalue weighted by Gasteiger charge is 2.66. The molecule has 2 aliphatic rings. The Kier molecular flexibility index (Phi) is 7.86. The Labute approximate surface area is 221 Å². The fourth-order valence-electron chi connectivity index (χ4n) is 5.15. The Hall–Kier alpha value is -3.32. The molecule has 0 unspecified atom stereocenters. The molecule has 1 aromatic carbocycles. The van der Waals surface area contributed by atoms with Gasteiger partial charge in [-0.05, 0) is 31.5 Å². The molecule has 39 heavy (non-hydrogen) atoms. The van der Waals surface area contributed by atoms with E-state index in [0.717, 1.165) is 26.2 Å². The van der Waals surface area contributed by atoms with Crippen LogP contribution in [0.2, 0.25) is 0 Å². The van der Waals surface area contributed by atoms with Crippen molar-refractivity contribution >= 4 is 17.5 Å². The molecular formula is C26H28F5N3O5. The van der Waals surface area contributed by atoms with Gasteiger partial charge in [0.15, 0.2) is 17.2 Å². The van der Waals surface area contributed by atoms with Crippen LogP contribution in [0.1, 0.15) is 42.2 Å². The van der Waals surface area contributed by atoms with Gasteiger partial charge in [-0.1, -0.05) is 13.0 Å². The van der Waals surface area contributed by atoms with Gasteiger partial charge in [-0.2, -0.15) is 17.6 Å². The van der Waals surface area contributed by atoms with E-state index in [9.17, 15) is 31.5 Å². The number of ether oxygens (including phenoxy) is 3. The van der Waals surface area contributed by atoms with Crippen molar-refractivity contribution in [2.45, 2.75) is 50.2 Å². The normalized spacial score (nSPS) is 27.1. The lowest BCUT2D eigenvalue weighted by atomic mass is 9.77. The van der Waals surface area contributed by atoms with Crippen LogP contribution in [0.4, 0.5) is 27.6 Å². The third-order valence-electron chi connectivity index (χ3n) is 7.58. The number of aromatic nitrogens is 1. The number of carbonyl (C=O) groups excluding carboxylic acids is 2. The Bertz CT molecular complexity index is 1260. The maximum Gasteiger partial charge on any atom is 0.417 e. The minimum absolute atomic E-state index is 0.0178. The Morgan fingerprint density at radius 3 is 2.54 bits per heavy atom. The number of benzene rings is 1. The van der Waals surface area contributed by atoms with Crippen LogP contribution in [-0.2, 0) is 14.3 Å². The van der Waals surface area contributed by atoms with Gasteiger partial charge in [0.2, 0.25) is 5.82 Å². The first-order valence-electron chi connectivity index (χ1n) is 12.2. The van der Waals surface area contributed by atoms with Crippen molar-refractivity contribution in [2.75, 3.05) is 32.6 Å². The molecule has 2 fully saturated rings. The third-order valence-corrected chi connectivity index (χ3v) is 7.58. The van der Waals surface area contributed by atoms with E-state index in [-0.39, 0.29) is 23.0 Å². The van der Waals surface area contributed by atoms with Gasteiger partial charge in [-0.3, -0.25) is 14.6 Å². The molecule has 1 N–H and O–H groups in total. The van der Waals surface area contributed by atoms with E-state index in [0.29, 0.717) is 19.5 Å². The Balaban J connectivity index is 1.65. The van der Waals surface area contributed by atoms with Gasteiger partial charge in [-0.25, -0.2) is 4.39 Å². The van der Waals surface area contributed by atoms with Crippen molar-refractivity contribution in [3.05, 3.63) is 53.4 Å². The molecule has 13 heteroatoms. The topological polar surface area (TPSA) is 90.0 Å². The SMILES string of the molecule is COc1c([C@H]2[C@H](C(=O)Nc3ccnc(C(=O)N4CC[C@H](OC)C4)c3)O[C@@](C)(C(F)(F)F)[C@H]2C)ccc(F)c1F. The Morgan fingerprint density at radius 1 is 1.21 bits per heavy atom. The number of methoxy groups -OCH3 is 2. The first-order chi connectivity index (χ1) is 18.3. The number of rotatable bonds is 6. The van der Waals surface area contributed by atoms with Crippen LogP contribution >= 0.6 is 0 Å². The molecule has 2 amide bonds. The minimum Gasteiger partial charge on any atom is -0.493 e. The predicted molar refractivity (Wildman–Crippen MR) is 128 cm³/mol. The summed E-state index contributed by atoms with van der Waals surface area (Å²) >= 11 is 0. The summed E-state index contributed by atoms with van der Waals surface area (Å²) < 4.78 is 86.4. The molecule has 3 heterocycles. The first-order valence-corrected chi connectivity index (χ1v) is 12.2. The first kappa shape index (κ1) is 28.7. The molecule has 1 aromatic heterocycles. The van der Waals surface area contributed by atoms with Crippen molar-refractivity contribution in [3.8, 4) is 5.75 Å². The second-order valence-corrected chi connectivity index (χ2v) is 9.76. The molecule has 0 saturated carbocycles. The largest absolute Gasteiger partial charge is 0.493 e. The van der Waals surface area contributed by atoms with Crippen LogP contribution in [0, 0.1) is 17.6 Å². The maximum absolute atomic E-state index is 14.5. The molecule has 212 valence electrons. The quantitative estimate of drug-likeness (QED) is 0.533. The van der Waals surface area contributed by atoms with Crippen molar-refractivity contribution in [2.24, 2.45) is 5.92 Å². The van der Waals surface area contributed by atoms with E-state index in [1.807, 2.05) is 0 Å². The number of hydrogen-bond donors (Lipinski definition) is 1. The number of likely N-dealkylation sites (tertiary alicyclic amines) is 1. The summed E-state index contributed by atoms with van der Waals surface area (Å²) in [5.41, 5.74) is -2.83. The lowest BCUT2D eigenvalue weighted by Crippen LogP contribution is -2.47. The van der Waals surface area contributed by atoms with Crippen molar-refractivity contribution in [1.29, 1.82) is 0 Å². The number of nitrogens with one attached hydrogen (secondary N) is 1. The monoisotopic (exact) mass is 557 g/mol. The molecule has 8 nitrogen and oxygen atoms in total. The molecule has 2 saturated heterocycles. The number of amides is 2. The second-order valence-electron chi connectivity index (χ2n) is 9.76. The molecule has 0 bridgehead atoms. The summed E-state index contributed by atoms with van der Waals surface area (Å²) in [4.78, 5) is 31.9. The Morgan fingerprint density at radius 2 is 1.92 bits per heavy atom. The van der Waals surface area contributed by atoms with Crippen molar-refractivity contribution in [3.63, 3.8) is 0 Å². The smallest absolute Gasteiger partial charge is 0.417 e. The molecule has 2 aliphatic heterocycles. The molecule has 5 atom stereocenters. The average Bonchev–Trinajstić information content (AvgIpc) is 3.48. The lowest BCUT2D eigenvalue weighted by Gasteiger charge is -2.32. The standard InChI is InChI=1S/C26H28F5N3O5/c1-13-19(16-5-6-17(27)20(28)21(16)38-4)22(39-25(13,2)26(29,30)31)23(35)33-14-7-9-32-18(11-14)24(36)34-10-8-15(12-34)37-3/h5-7,9,11,13,15,19,22H,8,10,12H2,1-4H3,(H,32,33,35)/t13-,15-,19-,22+,25+/m0/s1. The number of hydrogen-bond acceptors (Lipinski definition) is 6. The van der Waals surface area contributed by atoms with Gasteiger partial charge in [0, 0.05) is 49.5 Å². The minimum atomic E-state index is -4.89. The second kappa shape index (κ2) is 10.7. The number of alkyl halides is 3. The molecular weight excluding hydrogens is 529 g/mol. The number of pyridine rings is 1. The predicted octanol–water partition coefficient (Wildman–Crippen LogP) is 4.31. The van der Waals surface area contributed by atoms with Crippen LogP contribution in [0.3, 0.4) is 0 Å². The fraction of sp³-hybridized carbons (Fsp3) is 0.500. The zero-order chi connectivity index (χ0) is 28.7. The summed E-state index contributed by atoms with van der Waals surface area (Å²) in [5, 5.41) is 2.49. The third kappa shape index (κ3) is 5.17. The highest BCUT2D eigenvalue weighted by molar-refractivity contribution is 5.98. The van der Waals surface area contributed by atoms with Crippen LogP contribution in [0.5, 0.6) is 5.75 Å². The summed E-state index contributed by atoms with van der Waals surface area (Å²) in [6, 6.07) is 4.50. The van der Waals surface area contributed by atoms with E-state index in [4.69, 9.17) is 14.2 Å². The maximum atomic E-state index is 14.5. The van der Waals surface area contributed by atoms with Gasteiger partial charge >= 0.3 is 6.18 Å². The van der Waals surface area contributed by atoms with Crippen LogP contribution in [0.25, 0.3) is 0 Å². The molecule has 0 aliphatic carbocycles. The van der Waals surface area contributed by atoms with Gasteiger partial charge in [-0.15, -0.1) is 0 Å². The van der Waals surface area contributed by atoms with Crippen LogP contribution < -0.4 is 10.1 Å². The summed E-state index contributed by atoms with van der Waals surface area (Å²) in [6.45, 7) is 2.85. The highest BCUT2D eigenvalue weighted by Crippen LogP contribution is 2.55. The molecule has 2 aromatic rings. The van der Waals surface area contributed by atoms with Crippen molar-refractivity contribution < 1.29 is 45.8 Å². The van der Waals surface area contributed by atoms with Gasteiger partial charge in [0.05, 0.1) is 13.2 Å². The summed E-state index contributed by atoms with van der Waals surface area (Å²) in [6.07, 6.45) is -4.83. The highest BCUT2D eigenvalue weighted by atomic mass is 19.4. The van der Waals surface area contributed by atoms with Gasteiger partial charge in [0.25, 0.3) is 11.8 Å². The van der Waals surface area contributed by atoms with E-state index >= 15 is 0 Å². The van der Waals surface area contributed by atoms with Crippen LogP contribution in [0.15, 0.2) is 30.5 Å². The summed E-state index contributed by atoms with van der Waals surface area (Å²) in [7, 11) is 2.59. The molecule has 0 spiro atoms. The number of anilines is 1. The zero-order valence-corrected chi connectivity index (χ0v) is 21.6. The number of carbonyl (C=O) groups is 2. The zero-order valence-electron chi connectivity index (χ0n) is 21.6. The van der Waals surface area contributed by atoms with Crippen molar-refractivity contribution in [1.82, 2.24) is 9.88 Å². The summed E-state index contributed by atoms with van der Waals surface area (Å²) in [5.74, 6) is -7.40. The lowest BCUT2D eigenvalue weighted by molar-refractivity contribution is -0.272.